The lowest BCUT2D eigenvalue weighted by atomic mass is 9.90. The molecule has 0 bridgehead atoms. The molecule has 0 atom stereocenters. The molecular weight excluding hydrogens is 300 g/mol. The van der Waals surface area contributed by atoms with Crippen LogP contribution in [0.3, 0.4) is 0 Å². The molecule has 0 aliphatic heterocycles. The Balaban J connectivity index is 2.30. The number of carboxylic acids is 1. The van der Waals surface area contributed by atoms with Gasteiger partial charge in [0.1, 0.15) is 5.75 Å². The largest absolute Gasteiger partial charge is 0.493 e. The molecule has 23 heavy (non-hydrogen) atoms. The lowest BCUT2D eigenvalue weighted by Gasteiger charge is -2.18. The van der Waals surface area contributed by atoms with E-state index in [1.165, 1.54) is 6.07 Å². The molecule has 1 rings (SSSR count). The van der Waals surface area contributed by atoms with Gasteiger partial charge in [-0.05, 0) is 38.5 Å². The molecule has 1 aromatic rings. The van der Waals surface area contributed by atoms with Crippen LogP contribution in [0.2, 0.25) is 0 Å². The van der Waals surface area contributed by atoms with Gasteiger partial charge in [-0.25, -0.2) is 0 Å². The summed E-state index contributed by atoms with van der Waals surface area (Å²) in [6, 6.07) is 6.39. The first kappa shape index (κ1) is 18.5. The maximum Gasteiger partial charge on any atom is 0.309 e. The van der Waals surface area contributed by atoms with Crippen molar-refractivity contribution < 1.29 is 24.2 Å². The first-order valence-electron chi connectivity index (χ1n) is 7.25. The van der Waals surface area contributed by atoms with Gasteiger partial charge >= 0.3 is 5.97 Å². The van der Waals surface area contributed by atoms with Crippen molar-refractivity contribution in [2.45, 2.75) is 26.7 Å². The van der Waals surface area contributed by atoms with Gasteiger partial charge in [-0.1, -0.05) is 6.07 Å². The van der Waals surface area contributed by atoms with Crippen molar-refractivity contribution in [1.29, 1.82) is 0 Å². The van der Waals surface area contributed by atoms with Gasteiger partial charge < -0.3 is 20.9 Å². The number of primary amides is 1. The molecule has 0 fully saturated rings. The number of rotatable bonds is 9. The summed E-state index contributed by atoms with van der Waals surface area (Å²) in [5, 5.41) is 11.6. The van der Waals surface area contributed by atoms with Gasteiger partial charge in [-0.15, -0.1) is 0 Å². The summed E-state index contributed by atoms with van der Waals surface area (Å²) >= 11 is 0. The molecule has 0 saturated heterocycles. The minimum absolute atomic E-state index is 0.133. The van der Waals surface area contributed by atoms with Gasteiger partial charge in [0.15, 0.2) is 0 Å². The van der Waals surface area contributed by atoms with Crippen LogP contribution in [-0.2, 0) is 9.59 Å². The van der Waals surface area contributed by atoms with Crippen molar-refractivity contribution in [3.8, 4) is 5.75 Å². The average molecular weight is 322 g/mol. The SMILES string of the molecule is CC(C)(CCNC(=O)CCOc1cccc(C(N)=O)c1)C(=O)O. The maximum absolute atomic E-state index is 11.7. The predicted octanol–water partition coefficient (Wildman–Crippen LogP) is 1.17. The molecule has 0 aliphatic carbocycles. The number of hydrogen-bond donors (Lipinski definition) is 3. The number of carboxylic acid groups (broad SMARTS) is 1. The molecule has 0 spiro atoms. The molecular formula is C16H22N2O5. The Bertz CT molecular complexity index is 584. The van der Waals surface area contributed by atoms with Gasteiger partial charge in [-0.2, -0.15) is 0 Å². The summed E-state index contributed by atoms with van der Waals surface area (Å²) in [7, 11) is 0. The van der Waals surface area contributed by atoms with E-state index in [9.17, 15) is 14.4 Å². The molecule has 1 aromatic carbocycles. The molecule has 0 aliphatic rings. The first-order chi connectivity index (χ1) is 10.7. The fourth-order valence-corrected chi connectivity index (χ4v) is 1.71. The summed E-state index contributed by atoms with van der Waals surface area (Å²) in [6.07, 6.45) is 0.476. The van der Waals surface area contributed by atoms with Crippen LogP contribution in [0.1, 0.15) is 37.0 Å². The van der Waals surface area contributed by atoms with Crippen molar-refractivity contribution in [2.75, 3.05) is 13.2 Å². The van der Waals surface area contributed by atoms with Gasteiger partial charge in [0.25, 0.3) is 0 Å². The second kappa shape index (κ2) is 8.17. The zero-order chi connectivity index (χ0) is 17.5. The van der Waals surface area contributed by atoms with Crippen LogP contribution in [0.5, 0.6) is 5.75 Å². The highest BCUT2D eigenvalue weighted by Crippen LogP contribution is 2.19. The third kappa shape index (κ3) is 6.37. The lowest BCUT2D eigenvalue weighted by molar-refractivity contribution is -0.147. The fraction of sp³-hybridized carbons (Fsp3) is 0.438. The van der Waals surface area contributed by atoms with Crippen molar-refractivity contribution >= 4 is 17.8 Å². The van der Waals surface area contributed by atoms with Crippen LogP contribution in [0.15, 0.2) is 24.3 Å². The lowest BCUT2D eigenvalue weighted by Crippen LogP contribution is -2.32. The second-order valence-corrected chi connectivity index (χ2v) is 5.78. The summed E-state index contributed by atoms with van der Waals surface area (Å²) in [5.41, 5.74) is 4.63. The Morgan fingerprint density at radius 2 is 2.00 bits per heavy atom. The van der Waals surface area contributed by atoms with E-state index in [0.717, 1.165) is 0 Å². The monoisotopic (exact) mass is 322 g/mol. The van der Waals surface area contributed by atoms with E-state index in [0.29, 0.717) is 17.7 Å². The number of nitrogens with one attached hydrogen (secondary N) is 1. The van der Waals surface area contributed by atoms with E-state index >= 15 is 0 Å². The number of nitrogens with two attached hydrogens (primary N) is 1. The minimum atomic E-state index is -0.899. The fourth-order valence-electron chi connectivity index (χ4n) is 1.71. The number of carbonyl (C=O) groups excluding carboxylic acids is 2. The summed E-state index contributed by atoms with van der Waals surface area (Å²) in [5.74, 6) is -1.21. The molecule has 2 amide bonds. The van der Waals surface area contributed by atoms with E-state index in [4.69, 9.17) is 15.6 Å². The van der Waals surface area contributed by atoms with Crippen LogP contribution in [0, 0.1) is 5.41 Å². The number of benzene rings is 1. The number of ether oxygens (including phenoxy) is 1. The van der Waals surface area contributed by atoms with E-state index in [1.54, 1.807) is 32.0 Å². The Morgan fingerprint density at radius 1 is 1.30 bits per heavy atom. The average Bonchev–Trinajstić information content (AvgIpc) is 2.47. The molecule has 0 unspecified atom stereocenters. The number of aliphatic carboxylic acids is 1. The first-order valence-corrected chi connectivity index (χ1v) is 7.25. The number of carbonyl (C=O) groups is 3. The number of amides is 2. The molecule has 126 valence electrons. The highest BCUT2D eigenvalue weighted by Gasteiger charge is 2.26. The van der Waals surface area contributed by atoms with E-state index in [2.05, 4.69) is 5.32 Å². The molecule has 4 N–H and O–H groups in total. The van der Waals surface area contributed by atoms with Gasteiger partial charge in [-0.3, -0.25) is 14.4 Å². The molecule has 0 aromatic heterocycles. The zero-order valence-corrected chi connectivity index (χ0v) is 13.3. The van der Waals surface area contributed by atoms with Gasteiger partial charge in [0.2, 0.25) is 11.8 Å². The highest BCUT2D eigenvalue weighted by atomic mass is 16.5. The van der Waals surface area contributed by atoms with Crippen LogP contribution < -0.4 is 15.8 Å². The molecule has 0 saturated carbocycles. The summed E-state index contributed by atoms with van der Waals surface area (Å²) < 4.78 is 5.39. The second-order valence-electron chi connectivity index (χ2n) is 5.78. The normalized spacial score (nSPS) is 10.9. The maximum atomic E-state index is 11.7. The van der Waals surface area contributed by atoms with E-state index in [1.807, 2.05) is 0 Å². The van der Waals surface area contributed by atoms with E-state index in [-0.39, 0.29) is 25.5 Å². The number of hydrogen-bond acceptors (Lipinski definition) is 4. The Morgan fingerprint density at radius 3 is 2.61 bits per heavy atom. The van der Waals surface area contributed by atoms with E-state index < -0.39 is 17.3 Å². The van der Waals surface area contributed by atoms with Crippen molar-refractivity contribution in [2.24, 2.45) is 11.1 Å². The van der Waals surface area contributed by atoms with Crippen LogP contribution in [0.4, 0.5) is 0 Å². The Kier molecular flexibility index (Phi) is 6.56. The summed E-state index contributed by atoms with van der Waals surface area (Å²) in [4.78, 5) is 33.6. The Labute approximate surface area is 134 Å². The van der Waals surface area contributed by atoms with Crippen molar-refractivity contribution in [1.82, 2.24) is 5.32 Å². The van der Waals surface area contributed by atoms with Gasteiger partial charge in [0.05, 0.1) is 18.4 Å². The molecule has 7 nitrogen and oxygen atoms in total. The predicted molar refractivity (Wildman–Crippen MR) is 84.1 cm³/mol. The van der Waals surface area contributed by atoms with Crippen molar-refractivity contribution in [3.05, 3.63) is 29.8 Å². The van der Waals surface area contributed by atoms with Crippen LogP contribution in [0.25, 0.3) is 0 Å². The zero-order valence-electron chi connectivity index (χ0n) is 13.3. The van der Waals surface area contributed by atoms with Gasteiger partial charge in [0, 0.05) is 12.1 Å². The van der Waals surface area contributed by atoms with Crippen LogP contribution >= 0.6 is 0 Å². The quantitative estimate of drug-likeness (QED) is 0.630. The van der Waals surface area contributed by atoms with Crippen molar-refractivity contribution in [3.63, 3.8) is 0 Å². The summed E-state index contributed by atoms with van der Waals surface area (Å²) in [6.45, 7) is 3.65. The smallest absolute Gasteiger partial charge is 0.309 e. The molecule has 7 heteroatoms. The molecule has 0 radical (unpaired) electrons. The Hall–Kier alpha value is -2.57. The topological polar surface area (TPSA) is 119 Å². The molecule has 0 heterocycles. The third-order valence-corrected chi connectivity index (χ3v) is 3.37. The van der Waals surface area contributed by atoms with Crippen LogP contribution in [-0.4, -0.2) is 36.0 Å². The minimum Gasteiger partial charge on any atom is -0.493 e. The third-order valence-electron chi connectivity index (χ3n) is 3.37. The highest BCUT2D eigenvalue weighted by molar-refractivity contribution is 5.93. The standard InChI is InChI=1S/C16H22N2O5/c1-16(2,15(21)22)7-8-18-13(19)6-9-23-12-5-3-4-11(10-12)14(17)20/h3-5,10H,6-9H2,1-2H3,(H2,17,20)(H,18,19)(H,21,22).